The highest BCUT2D eigenvalue weighted by atomic mass is 15.3. The number of nitrogens with zero attached hydrogens (tertiary/aromatic N) is 2. The van der Waals surface area contributed by atoms with Gasteiger partial charge in [0.25, 0.3) is 0 Å². The minimum atomic E-state index is 0.0265. The molecule has 0 radical (unpaired) electrons. The predicted octanol–water partition coefficient (Wildman–Crippen LogP) is 1.79. The van der Waals surface area contributed by atoms with Gasteiger partial charge in [0.1, 0.15) is 0 Å². The molecule has 0 spiro atoms. The summed E-state index contributed by atoms with van der Waals surface area (Å²) in [4.78, 5) is 0. The van der Waals surface area contributed by atoms with Crippen LogP contribution in [0.4, 0.5) is 0 Å². The Bertz CT molecular complexity index is 288. The van der Waals surface area contributed by atoms with Crippen molar-refractivity contribution in [1.29, 1.82) is 0 Å². The van der Waals surface area contributed by atoms with Crippen molar-refractivity contribution in [3.63, 3.8) is 0 Å². The Morgan fingerprint density at radius 2 is 2.46 bits per heavy atom. The molecule has 1 aromatic heterocycles. The normalized spacial score (nSPS) is 12.8. The van der Waals surface area contributed by atoms with E-state index in [0.29, 0.717) is 0 Å². The third-order valence-corrected chi connectivity index (χ3v) is 2.03. The average Bonchev–Trinajstić information content (AvgIpc) is 2.47. The second kappa shape index (κ2) is 4.23. The average molecular weight is 179 g/mol. The second-order valence-electron chi connectivity index (χ2n) is 3.16. The summed E-state index contributed by atoms with van der Waals surface area (Å²) in [7, 11) is 0. The largest absolute Gasteiger partial charge is 0.322 e. The van der Waals surface area contributed by atoms with Crippen molar-refractivity contribution in [2.45, 2.75) is 32.9 Å². The number of hydrogen-bond acceptors (Lipinski definition) is 2. The predicted molar refractivity (Wildman–Crippen MR) is 54.4 cm³/mol. The van der Waals surface area contributed by atoms with E-state index in [9.17, 15) is 0 Å². The minimum Gasteiger partial charge on any atom is -0.322 e. The van der Waals surface area contributed by atoms with Crippen molar-refractivity contribution in [1.82, 2.24) is 9.78 Å². The standard InChI is InChI=1S/C10H17N3/c1-4-6-9(11)10-7-8(3)12-13(10)5-2/h4,7,9H,1,5-6,11H2,2-3H3. The first kappa shape index (κ1) is 9.99. The molecule has 0 saturated heterocycles. The zero-order valence-corrected chi connectivity index (χ0v) is 8.33. The molecule has 0 aliphatic carbocycles. The van der Waals surface area contributed by atoms with E-state index in [2.05, 4.69) is 18.6 Å². The van der Waals surface area contributed by atoms with E-state index in [1.807, 2.05) is 23.7 Å². The lowest BCUT2D eigenvalue weighted by molar-refractivity contribution is 0.571. The fourth-order valence-corrected chi connectivity index (χ4v) is 1.42. The molecule has 3 heteroatoms. The van der Waals surface area contributed by atoms with Crippen LogP contribution < -0.4 is 5.73 Å². The van der Waals surface area contributed by atoms with Gasteiger partial charge < -0.3 is 5.73 Å². The van der Waals surface area contributed by atoms with Crippen LogP contribution in [0.5, 0.6) is 0 Å². The van der Waals surface area contributed by atoms with Crippen LogP contribution in [0, 0.1) is 6.92 Å². The molecule has 0 bridgehead atoms. The van der Waals surface area contributed by atoms with Crippen LogP contribution in [0.15, 0.2) is 18.7 Å². The number of hydrogen-bond donors (Lipinski definition) is 1. The quantitative estimate of drug-likeness (QED) is 0.716. The van der Waals surface area contributed by atoms with Crippen molar-refractivity contribution in [2.24, 2.45) is 5.73 Å². The molecule has 72 valence electrons. The van der Waals surface area contributed by atoms with Crippen LogP contribution in [-0.4, -0.2) is 9.78 Å². The van der Waals surface area contributed by atoms with Crippen LogP contribution in [0.1, 0.15) is 30.8 Å². The van der Waals surface area contributed by atoms with E-state index >= 15 is 0 Å². The Morgan fingerprint density at radius 1 is 1.77 bits per heavy atom. The maximum atomic E-state index is 5.96. The van der Waals surface area contributed by atoms with Crippen molar-refractivity contribution in [3.05, 3.63) is 30.1 Å². The van der Waals surface area contributed by atoms with Crippen molar-refractivity contribution >= 4 is 0 Å². The number of aromatic nitrogens is 2. The highest BCUT2D eigenvalue weighted by Crippen LogP contribution is 2.15. The summed E-state index contributed by atoms with van der Waals surface area (Å²) < 4.78 is 1.95. The summed E-state index contributed by atoms with van der Waals surface area (Å²) in [6.07, 6.45) is 2.64. The SMILES string of the molecule is C=CCC(N)c1cc(C)nn1CC. The summed E-state index contributed by atoms with van der Waals surface area (Å²) in [6, 6.07) is 2.07. The van der Waals surface area contributed by atoms with E-state index in [-0.39, 0.29) is 6.04 Å². The van der Waals surface area contributed by atoms with Gasteiger partial charge in [-0.25, -0.2) is 0 Å². The van der Waals surface area contributed by atoms with E-state index in [4.69, 9.17) is 5.73 Å². The van der Waals surface area contributed by atoms with E-state index in [1.165, 1.54) is 0 Å². The molecule has 0 aliphatic rings. The third kappa shape index (κ3) is 2.18. The molecule has 1 atom stereocenters. The zero-order valence-electron chi connectivity index (χ0n) is 8.33. The maximum Gasteiger partial charge on any atom is 0.0597 e. The van der Waals surface area contributed by atoms with Gasteiger partial charge in [0, 0.05) is 6.54 Å². The van der Waals surface area contributed by atoms with Crippen molar-refractivity contribution in [2.75, 3.05) is 0 Å². The number of aryl methyl sites for hydroxylation is 2. The fraction of sp³-hybridized carbons (Fsp3) is 0.500. The smallest absolute Gasteiger partial charge is 0.0597 e. The molecule has 2 N–H and O–H groups in total. The van der Waals surface area contributed by atoms with Gasteiger partial charge in [-0.3, -0.25) is 4.68 Å². The molecule has 13 heavy (non-hydrogen) atoms. The monoisotopic (exact) mass is 179 g/mol. The lowest BCUT2D eigenvalue weighted by Crippen LogP contribution is -2.15. The molecule has 1 aromatic rings. The topological polar surface area (TPSA) is 43.8 Å². The molecule has 1 heterocycles. The van der Waals surface area contributed by atoms with Gasteiger partial charge in [0.2, 0.25) is 0 Å². The summed E-state index contributed by atoms with van der Waals surface area (Å²) in [6.45, 7) is 8.60. The lowest BCUT2D eigenvalue weighted by Gasteiger charge is -2.10. The van der Waals surface area contributed by atoms with Gasteiger partial charge in [-0.1, -0.05) is 6.08 Å². The van der Waals surface area contributed by atoms with Crippen LogP contribution in [0.25, 0.3) is 0 Å². The molecule has 0 aromatic carbocycles. The van der Waals surface area contributed by atoms with Crippen LogP contribution in [0.3, 0.4) is 0 Å². The third-order valence-electron chi connectivity index (χ3n) is 2.03. The molecule has 0 fully saturated rings. The number of rotatable bonds is 4. The molecule has 1 rings (SSSR count). The summed E-state index contributed by atoms with van der Waals surface area (Å²) in [5.41, 5.74) is 8.08. The first-order chi connectivity index (χ1) is 6.19. The molecular weight excluding hydrogens is 162 g/mol. The second-order valence-corrected chi connectivity index (χ2v) is 3.16. The fourth-order valence-electron chi connectivity index (χ4n) is 1.42. The highest BCUT2D eigenvalue weighted by molar-refractivity contribution is 5.13. The van der Waals surface area contributed by atoms with Gasteiger partial charge >= 0.3 is 0 Å². The maximum absolute atomic E-state index is 5.96. The van der Waals surface area contributed by atoms with E-state index in [0.717, 1.165) is 24.4 Å². The summed E-state index contributed by atoms with van der Waals surface area (Å²) >= 11 is 0. The van der Waals surface area contributed by atoms with Crippen LogP contribution in [-0.2, 0) is 6.54 Å². The van der Waals surface area contributed by atoms with Gasteiger partial charge in [-0.15, -0.1) is 6.58 Å². The Hall–Kier alpha value is -1.09. The van der Waals surface area contributed by atoms with Crippen molar-refractivity contribution in [3.8, 4) is 0 Å². The van der Waals surface area contributed by atoms with E-state index in [1.54, 1.807) is 0 Å². The van der Waals surface area contributed by atoms with Crippen LogP contribution >= 0.6 is 0 Å². The first-order valence-corrected chi connectivity index (χ1v) is 4.59. The van der Waals surface area contributed by atoms with Gasteiger partial charge in [0.05, 0.1) is 17.4 Å². The number of nitrogens with two attached hydrogens (primary N) is 1. The van der Waals surface area contributed by atoms with E-state index < -0.39 is 0 Å². The van der Waals surface area contributed by atoms with Crippen molar-refractivity contribution < 1.29 is 0 Å². The summed E-state index contributed by atoms with van der Waals surface area (Å²) in [5.74, 6) is 0. The molecule has 0 saturated carbocycles. The minimum absolute atomic E-state index is 0.0265. The molecular formula is C10H17N3. The Labute approximate surface area is 79.2 Å². The zero-order chi connectivity index (χ0) is 9.84. The molecule has 0 amide bonds. The van der Waals surface area contributed by atoms with Gasteiger partial charge in [0.15, 0.2) is 0 Å². The molecule has 3 nitrogen and oxygen atoms in total. The molecule has 0 aliphatic heterocycles. The summed E-state index contributed by atoms with van der Waals surface area (Å²) in [5, 5.41) is 4.33. The lowest BCUT2D eigenvalue weighted by atomic mass is 10.1. The highest BCUT2D eigenvalue weighted by Gasteiger charge is 2.10. The first-order valence-electron chi connectivity index (χ1n) is 4.59. The van der Waals surface area contributed by atoms with Gasteiger partial charge in [-0.2, -0.15) is 5.10 Å². The molecule has 1 unspecified atom stereocenters. The van der Waals surface area contributed by atoms with Gasteiger partial charge in [-0.05, 0) is 26.3 Å². The Balaban J connectivity index is 2.90. The Kier molecular flexibility index (Phi) is 3.25. The van der Waals surface area contributed by atoms with Crippen LogP contribution in [0.2, 0.25) is 0 Å². The Morgan fingerprint density at radius 3 is 3.00 bits per heavy atom.